The molecule has 162 valence electrons. The lowest BCUT2D eigenvalue weighted by Crippen LogP contribution is -1.83. The molecule has 0 nitrogen and oxygen atoms in total. The van der Waals surface area contributed by atoms with Crippen LogP contribution in [0.3, 0.4) is 0 Å². The molecule has 0 amide bonds. The van der Waals surface area contributed by atoms with Crippen molar-refractivity contribution in [1.29, 1.82) is 0 Å². The fraction of sp³-hybridized carbons (Fsp3) is 0. The molecular formula is C32H21IS. The second-order valence-electron chi connectivity index (χ2n) is 8.52. The van der Waals surface area contributed by atoms with E-state index in [0.717, 1.165) is 0 Å². The maximum absolute atomic E-state index is 2.33. The van der Waals surface area contributed by atoms with Crippen molar-refractivity contribution in [3.8, 4) is 33.4 Å². The van der Waals surface area contributed by atoms with E-state index in [2.05, 4.69) is 149 Å². The van der Waals surface area contributed by atoms with E-state index in [9.17, 15) is 0 Å². The summed E-state index contributed by atoms with van der Waals surface area (Å²) in [4.78, 5) is 1.28. The summed E-state index contributed by atoms with van der Waals surface area (Å²) in [5, 5.41) is 5.08. The van der Waals surface area contributed by atoms with Gasteiger partial charge in [-0.25, -0.2) is 0 Å². The lowest BCUT2D eigenvalue weighted by Gasteiger charge is -2.09. The van der Waals surface area contributed by atoms with Crippen LogP contribution in [0.2, 0.25) is 0 Å². The Labute approximate surface area is 216 Å². The summed E-state index contributed by atoms with van der Waals surface area (Å²) < 4.78 is 0. The summed E-state index contributed by atoms with van der Waals surface area (Å²) in [6, 6.07) is 46.4. The van der Waals surface area contributed by atoms with Gasteiger partial charge in [0.1, 0.15) is 0 Å². The number of rotatable bonds is 4. The molecule has 6 aromatic carbocycles. The van der Waals surface area contributed by atoms with Gasteiger partial charge in [-0.2, -0.15) is 0 Å². The second-order valence-corrected chi connectivity index (χ2v) is 10.5. The van der Waals surface area contributed by atoms with Crippen molar-refractivity contribution in [3.63, 3.8) is 0 Å². The van der Waals surface area contributed by atoms with E-state index >= 15 is 0 Å². The Morgan fingerprint density at radius 1 is 0.353 bits per heavy atom. The van der Waals surface area contributed by atoms with Crippen molar-refractivity contribution in [2.24, 2.45) is 0 Å². The predicted octanol–water partition coefficient (Wildman–Crippen LogP) is 10.4. The van der Waals surface area contributed by atoms with Gasteiger partial charge in [-0.05, 0) is 85.3 Å². The molecule has 34 heavy (non-hydrogen) atoms. The Balaban J connectivity index is 1.32. The van der Waals surface area contributed by atoms with Gasteiger partial charge in [0.15, 0.2) is 0 Å². The van der Waals surface area contributed by atoms with E-state index in [-0.39, 0.29) is 0 Å². The van der Waals surface area contributed by atoms with Crippen molar-refractivity contribution in [3.05, 3.63) is 127 Å². The Morgan fingerprint density at radius 2 is 0.735 bits per heavy atom. The maximum Gasteiger partial charge on any atom is 0.0179 e. The summed E-state index contributed by atoms with van der Waals surface area (Å²) >= 11 is 2.33. The molecule has 6 aromatic rings. The van der Waals surface area contributed by atoms with Crippen molar-refractivity contribution in [1.82, 2.24) is 0 Å². The zero-order valence-electron chi connectivity index (χ0n) is 18.4. The molecule has 0 radical (unpaired) electrons. The normalized spacial score (nSPS) is 11.2. The highest BCUT2D eigenvalue weighted by molar-refractivity contribution is 14.2. The SMILES string of the molecule is ISc1ccc(-c2ccc3ccc(-c4ccc(-c5ccc6ccccc6c5)cc4)cc3c2)cc1. The molecule has 0 atom stereocenters. The van der Waals surface area contributed by atoms with Gasteiger partial charge in [-0.15, -0.1) is 0 Å². The number of fused-ring (bicyclic) bond motifs is 2. The average Bonchev–Trinajstić information content (AvgIpc) is 2.92. The van der Waals surface area contributed by atoms with Gasteiger partial charge in [-0.3, -0.25) is 0 Å². The topological polar surface area (TPSA) is 0 Å². The third-order valence-corrected chi connectivity index (χ3v) is 8.39. The van der Waals surface area contributed by atoms with E-state index < -0.39 is 0 Å². The largest absolute Gasteiger partial charge is 0.0616 e. The molecule has 0 heterocycles. The van der Waals surface area contributed by atoms with Gasteiger partial charge < -0.3 is 0 Å². The average molecular weight is 564 g/mol. The minimum atomic E-state index is 1.24. The van der Waals surface area contributed by atoms with Gasteiger partial charge in [0, 0.05) is 26.1 Å². The summed E-state index contributed by atoms with van der Waals surface area (Å²) in [5.41, 5.74) is 7.47. The number of hydrogen-bond acceptors (Lipinski definition) is 1. The Kier molecular flexibility index (Phi) is 5.86. The summed E-state index contributed by atoms with van der Waals surface area (Å²) in [7, 11) is 1.74. The molecule has 0 aromatic heterocycles. The van der Waals surface area contributed by atoms with Gasteiger partial charge >= 0.3 is 0 Å². The van der Waals surface area contributed by atoms with Crippen LogP contribution in [0.15, 0.2) is 132 Å². The van der Waals surface area contributed by atoms with E-state index in [1.54, 1.807) is 8.93 Å². The minimum Gasteiger partial charge on any atom is -0.0616 e. The number of halogens is 1. The summed E-state index contributed by atoms with van der Waals surface area (Å²) in [5.74, 6) is 0. The van der Waals surface area contributed by atoms with Gasteiger partial charge in [0.25, 0.3) is 0 Å². The zero-order valence-corrected chi connectivity index (χ0v) is 21.4. The lowest BCUT2D eigenvalue weighted by molar-refractivity contribution is 1.47. The Hall–Kier alpha value is -3.08. The lowest BCUT2D eigenvalue weighted by atomic mass is 9.96. The van der Waals surface area contributed by atoms with Crippen LogP contribution >= 0.6 is 30.1 Å². The first-order valence-electron chi connectivity index (χ1n) is 11.3. The highest BCUT2D eigenvalue weighted by atomic mass is 127. The van der Waals surface area contributed by atoms with E-state index in [1.165, 1.54) is 59.8 Å². The fourth-order valence-electron chi connectivity index (χ4n) is 4.53. The van der Waals surface area contributed by atoms with Crippen LogP contribution in [0.5, 0.6) is 0 Å². The van der Waals surface area contributed by atoms with E-state index in [1.807, 2.05) is 0 Å². The maximum atomic E-state index is 2.33. The molecule has 0 bridgehead atoms. The van der Waals surface area contributed by atoms with Crippen molar-refractivity contribution in [2.45, 2.75) is 4.90 Å². The van der Waals surface area contributed by atoms with Crippen LogP contribution in [0.1, 0.15) is 0 Å². The number of benzene rings is 6. The molecule has 0 unspecified atom stereocenters. The molecule has 0 saturated heterocycles. The molecular weight excluding hydrogens is 543 g/mol. The molecule has 0 fully saturated rings. The predicted molar refractivity (Wildman–Crippen MR) is 158 cm³/mol. The quantitative estimate of drug-likeness (QED) is 0.192. The molecule has 0 aliphatic carbocycles. The molecule has 0 aliphatic rings. The van der Waals surface area contributed by atoms with Crippen molar-refractivity contribution >= 4 is 51.7 Å². The molecule has 0 aliphatic heterocycles. The molecule has 6 rings (SSSR count). The van der Waals surface area contributed by atoms with E-state index in [0.29, 0.717) is 0 Å². The van der Waals surface area contributed by atoms with Crippen LogP contribution < -0.4 is 0 Å². The first-order valence-corrected chi connectivity index (χ1v) is 14.7. The van der Waals surface area contributed by atoms with Crippen LogP contribution in [0, 0.1) is 0 Å². The highest BCUT2D eigenvalue weighted by Crippen LogP contribution is 2.32. The van der Waals surface area contributed by atoms with Gasteiger partial charge in [0.2, 0.25) is 0 Å². The fourth-order valence-corrected chi connectivity index (χ4v) is 5.65. The first kappa shape index (κ1) is 21.5. The van der Waals surface area contributed by atoms with Crippen LogP contribution in [0.25, 0.3) is 54.9 Å². The van der Waals surface area contributed by atoms with Crippen LogP contribution in [0.4, 0.5) is 0 Å². The molecule has 0 N–H and O–H groups in total. The van der Waals surface area contributed by atoms with Gasteiger partial charge in [0.05, 0.1) is 0 Å². The molecule has 0 saturated carbocycles. The summed E-state index contributed by atoms with van der Waals surface area (Å²) in [6.07, 6.45) is 0. The monoisotopic (exact) mass is 564 g/mol. The standard InChI is InChI=1S/C32H21IS/c33-34-32-17-15-25(16-18-32)30-14-11-26-10-13-29(20-31(26)21-30)24-7-5-23(6-8-24)28-12-9-22-3-1-2-4-27(22)19-28/h1-21H. The minimum absolute atomic E-state index is 1.24. The highest BCUT2D eigenvalue weighted by Gasteiger charge is 2.05. The van der Waals surface area contributed by atoms with Crippen molar-refractivity contribution < 1.29 is 0 Å². The third-order valence-electron chi connectivity index (χ3n) is 6.42. The van der Waals surface area contributed by atoms with Crippen LogP contribution in [-0.2, 0) is 0 Å². The third kappa shape index (κ3) is 4.24. The summed E-state index contributed by atoms with van der Waals surface area (Å²) in [6.45, 7) is 0. The Morgan fingerprint density at radius 3 is 1.24 bits per heavy atom. The molecule has 0 spiro atoms. The Bertz CT molecular complexity index is 1620. The van der Waals surface area contributed by atoms with Crippen molar-refractivity contribution in [2.75, 3.05) is 0 Å². The zero-order chi connectivity index (χ0) is 22.9. The van der Waals surface area contributed by atoms with Gasteiger partial charge in [-0.1, -0.05) is 106 Å². The number of hydrogen-bond donors (Lipinski definition) is 0. The second kappa shape index (κ2) is 9.28. The van der Waals surface area contributed by atoms with E-state index in [4.69, 9.17) is 0 Å². The first-order chi connectivity index (χ1) is 16.8. The van der Waals surface area contributed by atoms with Crippen LogP contribution in [-0.4, -0.2) is 0 Å². The molecule has 2 heteroatoms. The smallest absolute Gasteiger partial charge is 0.0179 e.